The highest BCUT2D eigenvalue weighted by Gasteiger charge is 2.50. The Morgan fingerprint density at radius 1 is 0.542 bits per heavy atom. The van der Waals surface area contributed by atoms with E-state index < -0.39 is 54.3 Å². The molecule has 2 aromatic heterocycles. The Hall–Kier alpha value is -7.89. The number of amides is 7. The topological polar surface area (TPSA) is 292 Å². The second-order valence-electron chi connectivity index (χ2n) is 27.5. The van der Waals surface area contributed by atoms with Crippen LogP contribution < -0.4 is 37.2 Å². The maximum absolute atomic E-state index is 14.8. The first-order chi connectivity index (χ1) is 46.8. The van der Waals surface area contributed by atoms with Gasteiger partial charge in [-0.25, -0.2) is 0 Å². The van der Waals surface area contributed by atoms with Crippen LogP contribution >= 0.6 is 0 Å². The molecule has 10 rings (SSSR count). The minimum Gasteiger partial charge on any atom is -0.396 e. The molecule has 5 fully saturated rings. The van der Waals surface area contributed by atoms with Crippen LogP contribution in [0.25, 0.3) is 0 Å². The number of benzene rings is 3. The van der Waals surface area contributed by atoms with E-state index in [0.717, 1.165) is 60.5 Å². The predicted molar refractivity (Wildman–Crippen MR) is 364 cm³/mol. The summed E-state index contributed by atoms with van der Waals surface area (Å²) in [6.45, 7) is 5.23. The molecule has 1 aliphatic carbocycles. The highest BCUT2D eigenvalue weighted by Crippen LogP contribution is 2.38. The molecule has 23 heteroatoms. The van der Waals surface area contributed by atoms with Gasteiger partial charge in [-0.15, -0.1) is 10.2 Å². The van der Waals surface area contributed by atoms with Gasteiger partial charge in [0.05, 0.1) is 36.1 Å². The van der Waals surface area contributed by atoms with Crippen molar-refractivity contribution in [3.63, 3.8) is 0 Å². The zero-order valence-corrected chi connectivity index (χ0v) is 56.7. The summed E-state index contributed by atoms with van der Waals surface area (Å²) in [5.74, 6) is -1.29. The van der Waals surface area contributed by atoms with Gasteiger partial charge < -0.3 is 52.1 Å². The lowest BCUT2D eigenvalue weighted by Crippen LogP contribution is -2.59. The van der Waals surface area contributed by atoms with Gasteiger partial charge >= 0.3 is 0 Å². The average molecular weight is 1320 g/mol. The third kappa shape index (κ3) is 18.0. The number of likely N-dealkylation sites (N-methyl/N-ethyl adjacent to an activating group) is 2. The SMILES string of the molecule is CC[C@H](NC)C(=O)N[C@@H]1C(=O)N2[C@@H](CC[C@@H]1CNC(=O)CCc1cn(CCCCC3CCC(CCCCn4cc([C@@H](NC(=O)[C@@H]5CC[C@@H]6CC[C@H](CO)[C@H](NC(=O)[C@H](CC)NC)C(=O)N65)c5ccccc5)nn4)CC3)nn1)CC[C@H]2C(=O)NC(c1ccccc1)c1ccccc1. The molecule has 4 aliphatic heterocycles. The minimum atomic E-state index is -0.931. The fourth-order valence-corrected chi connectivity index (χ4v) is 15.7. The molecule has 8 N–H and O–H groups in total. The molecule has 518 valence electrons. The van der Waals surface area contributed by atoms with E-state index in [2.05, 4.69) is 57.8 Å². The molecular weight excluding hydrogens is 1210 g/mol. The third-order valence-corrected chi connectivity index (χ3v) is 21.4. The number of fused-ring (bicyclic) bond motifs is 2. The van der Waals surface area contributed by atoms with Crippen LogP contribution in [0, 0.1) is 23.7 Å². The van der Waals surface area contributed by atoms with Crippen molar-refractivity contribution in [2.24, 2.45) is 23.7 Å². The second kappa shape index (κ2) is 34.9. The lowest BCUT2D eigenvalue weighted by molar-refractivity contribution is -0.144. The third-order valence-electron chi connectivity index (χ3n) is 21.4. The number of nitrogens with zero attached hydrogens (tertiary/aromatic N) is 8. The zero-order chi connectivity index (χ0) is 67.5. The van der Waals surface area contributed by atoms with Crippen LogP contribution in [0.5, 0.6) is 0 Å². The van der Waals surface area contributed by atoms with E-state index in [1.54, 1.807) is 23.9 Å². The Balaban J connectivity index is 0.629. The Labute approximate surface area is 565 Å². The summed E-state index contributed by atoms with van der Waals surface area (Å²) < 4.78 is 3.74. The van der Waals surface area contributed by atoms with Crippen LogP contribution in [-0.4, -0.2) is 162 Å². The van der Waals surface area contributed by atoms with Gasteiger partial charge in [0.2, 0.25) is 41.4 Å². The van der Waals surface area contributed by atoms with Crippen molar-refractivity contribution in [1.82, 2.24) is 77.0 Å². The summed E-state index contributed by atoms with van der Waals surface area (Å²) in [5.41, 5.74) is 4.08. The van der Waals surface area contributed by atoms with E-state index in [1.165, 1.54) is 38.5 Å². The molecule has 0 unspecified atom stereocenters. The zero-order valence-electron chi connectivity index (χ0n) is 56.7. The Bertz CT molecular complexity index is 3280. The lowest BCUT2D eigenvalue weighted by atomic mass is 9.78. The lowest BCUT2D eigenvalue weighted by Gasteiger charge is -2.33. The van der Waals surface area contributed by atoms with E-state index in [0.29, 0.717) is 88.8 Å². The highest BCUT2D eigenvalue weighted by molar-refractivity contribution is 5.95. The Kier molecular flexibility index (Phi) is 25.7. The van der Waals surface area contributed by atoms with Gasteiger partial charge in [0.1, 0.15) is 29.9 Å². The second-order valence-corrected chi connectivity index (χ2v) is 27.5. The van der Waals surface area contributed by atoms with Crippen LogP contribution in [0.2, 0.25) is 0 Å². The highest BCUT2D eigenvalue weighted by atomic mass is 16.3. The Morgan fingerprint density at radius 3 is 1.48 bits per heavy atom. The molecule has 11 atom stereocenters. The van der Waals surface area contributed by atoms with Gasteiger partial charge in [-0.3, -0.25) is 42.9 Å². The molecule has 5 aliphatic rings. The number of carbonyl (C=O) groups is 7. The molecule has 5 aromatic rings. The number of rotatable bonds is 32. The molecule has 1 saturated carbocycles. The fraction of sp³-hybridized carbons (Fsp3) is 0.603. The number of carbonyl (C=O) groups excluding carboxylic acids is 7. The molecule has 3 aromatic carbocycles. The van der Waals surface area contributed by atoms with Crippen molar-refractivity contribution < 1.29 is 38.7 Å². The van der Waals surface area contributed by atoms with E-state index in [-0.39, 0.29) is 78.9 Å². The van der Waals surface area contributed by atoms with E-state index >= 15 is 0 Å². The van der Waals surface area contributed by atoms with Crippen molar-refractivity contribution in [3.05, 3.63) is 131 Å². The van der Waals surface area contributed by atoms with Gasteiger partial charge in [-0.05, 0) is 120 Å². The van der Waals surface area contributed by atoms with Crippen LogP contribution in [0.15, 0.2) is 103 Å². The summed E-state index contributed by atoms with van der Waals surface area (Å²) in [6.07, 6.45) is 21.8. The normalized spacial score (nSPS) is 24.4. The maximum atomic E-state index is 14.8. The number of aliphatic hydroxyl groups is 1. The summed E-state index contributed by atoms with van der Waals surface area (Å²) in [7, 11) is 3.42. The van der Waals surface area contributed by atoms with E-state index in [4.69, 9.17) is 0 Å². The number of aromatic nitrogens is 6. The summed E-state index contributed by atoms with van der Waals surface area (Å²) in [4.78, 5) is 102. The molecule has 0 bridgehead atoms. The smallest absolute Gasteiger partial charge is 0.246 e. The molecule has 96 heavy (non-hydrogen) atoms. The van der Waals surface area contributed by atoms with Crippen molar-refractivity contribution >= 4 is 41.4 Å². The van der Waals surface area contributed by atoms with Crippen molar-refractivity contribution in [1.29, 1.82) is 0 Å². The number of aryl methyl sites for hydroxylation is 3. The standard InChI is InChI=1S/C73H103N15O8/c1-5-58(74-3)68(91)79-66-53(32-35-56-37-39-61(87(56)72(66)95)70(93)77-64(50-22-10-7-11-23-50)51-24-12-8-13-25-51)44-76-63(90)41-34-55-45-85(83-81-55)42-18-16-20-48-28-30-49(31-29-48)21-17-19-43-86-46-60(82-84-86)65(52-26-14-9-15-27-52)78-71(94)62-40-38-57-36-33-54(47-89)67(73(96)88(57)62)80-69(92)59(6-2)75-4/h7-15,22-27,45-46,48-49,53-54,56-59,61-62,64-67,74-75,89H,5-6,16-21,28-44,47H2,1-4H3,(H,76,90)(H,77,93)(H,78,94)(H,79,91)(H,80,92)/t48?,49?,53-,54-,56+,57+,58+,59+,61+,62+,65+,66+,67+/m1/s1. The van der Waals surface area contributed by atoms with Crippen molar-refractivity contribution in [2.75, 3.05) is 27.2 Å². The van der Waals surface area contributed by atoms with Crippen LogP contribution in [-0.2, 0) is 53.1 Å². The first-order valence-electron chi connectivity index (χ1n) is 35.8. The monoisotopic (exact) mass is 1320 g/mol. The number of nitrogens with one attached hydrogen (secondary N) is 7. The largest absolute Gasteiger partial charge is 0.396 e. The van der Waals surface area contributed by atoms with Gasteiger partial charge in [0, 0.05) is 69.2 Å². The molecular formula is C73H103N15O8. The predicted octanol–water partition coefficient (Wildman–Crippen LogP) is 6.37. The molecule has 23 nitrogen and oxygen atoms in total. The average Bonchev–Trinajstić information content (AvgIpc) is 1.62. The van der Waals surface area contributed by atoms with Crippen molar-refractivity contribution in [3.8, 4) is 0 Å². The summed E-state index contributed by atoms with van der Waals surface area (Å²) in [5, 5.41) is 49.8. The van der Waals surface area contributed by atoms with Crippen LogP contribution in [0.1, 0.15) is 189 Å². The first kappa shape index (κ1) is 70.9. The molecule has 0 radical (unpaired) electrons. The van der Waals surface area contributed by atoms with Crippen LogP contribution in [0.4, 0.5) is 0 Å². The number of aliphatic hydroxyl groups excluding tert-OH is 1. The first-order valence-corrected chi connectivity index (χ1v) is 35.8. The minimum absolute atomic E-state index is 0.161. The number of hydrogen-bond donors (Lipinski definition) is 8. The van der Waals surface area contributed by atoms with E-state index in [9.17, 15) is 38.7 Å². The summed E-state index contributed by atoms with van der Waals surface area (Å²) >= 11 is 0. The molecule has 0 spiro atoms. The number of unbranched alkanes of at least 4 members (excludes halogenated alkanes) is 2. The van der Waals surface area contributed by atoms with Gasteiger partial charge in [0.15, 0.2) is 0 Å². The quantitative estimate of drug-likeness (QED) is 0.0217. The van der Waals surface area contributed by atoms with Gasteiger partial charge in [0.25, 0.3) is 0 Å². The maximum Gasteiger partial charge on any atom is 0.246 e. The van der Waals surface area contributed by atoms with Crippen LogP contribution in [0.3, 0.4) is 0 Å². The molecule has 4 saturated heterocycles. The van der Waals surface area contributed by atoms with Crippen molar-refractivity contribution in [2.45, 2.75) is 229 Å². The molecule has 7 amide bonds. The molecule has 6 heterocycles. The van der Waals surface area contributed by atoms with Gasteiger partial charge in [-0.2, -0.15) is 0 Å². The van der Waals surface area contributed by atoms with Gasteiger partial charge in [-0.1, -0.05) is 167 Å². The summed E-state index contributed by atoms with van der Waals surface area (Å²) in [6, 6.07) is 23.7. The Morgan fingerprint density at radius 2 is 0.990 bits per heavy atom. The number of hydrogen-bond acceptors (Lipinski definition) is 14. The van der Waals surface area contributed by atoms with E-state index in [1.807, 2.05) is 127 Å². The fourth-order valence-electron chi connectivity index (χ4n) is 15.7.